The molecule has 0 fully saturated rings. The number of nitrogens with one attached hydrogen (secondary N) is 2. The molecule has 8 heteroatoms. The summed E-state index contributed by atoms with van der Waals surface area (Å²) in [5.41, 5.74) is 0.108. The zero-order valence-electron chi connectivity index (χ0n) is 17.0. The molecule has 4 amide bonds. The van der Waals surface area contributed by atoms with Crippen molar-refractivity contribution >= 4 is 23.8 Å². The van der Waals surface area contributed by atoms with Gasteiger partial charge in [-0.2, -0.15) is 0 Å². The van der Waals surface area contributed by atoms with E-state index in [0.29, 0.717) is 5.75 Å². The molecule has 8 nitrogen and oxygen atoms in total. The van der Waals surface area contributed by atoms with Crippen LogP contribution < -0.4 is 15.4 Å². The Morgan fingerprint density at radius 1 is 0.900 bits per heavy atom. The highest BCUT2D eigenvalue weighted by molar-refractivity contribution is 6.22. The molecule has 0 saturated heterocycles. The lowest BCUT2D eigenvalue weighted by atomic mass is 10.1. The Balaban J connectivity index is 1.54. The maximum atomic E-state index is 12.6. The van der Waals surface area contributed by atoms with E-state index >= 15 is 0 Å². The molecule has 2 aromatic rings. The number of carbonyl (C=O) groups is 4. The normalized spacial score (nSPS) is 13.1. The molecule has 1 aliphatic rings. The monoisotopic (exact) mass is 409 g/mol. The van der Waals surface area contributed by atoms with Crippen molar-refractivity contribution in [3.63, 3.8) is 0 Å². The number of nitrogens with zero attached hydrogens (tertiary/aromatic N) is 1. The molecule has 0 aliphatic carbocycles. The number of hydrogen-bond donors (Lipinski definition) is 2. The van der Waals surface area contributed by atoms with E-state index in [4.69, 9.17) is 4.74 Å². The zero-order chi connectivity index (χ0) is 21.9. The minimum absolute atomic E-state index is 0.164. The van der Waals surface area contributed by atoms with Gasteiger partial charge in [0.05, 0.1) is 11.1 Å². The van der Waals surface area contributed by atoms with Gasteiger partial charge in [-0.3, -0.25) is 19.3 Å². The molecular formula is C22H23N3O5. The first-order chi connectivity index (χ1) is 14.2. The molecule has 0 radical (unpaired) electrons. The summed E-state index contributed by atoms with van der Waals surface area (Å²) in [6, 6.07) is 13.0. The van der Waals surface area contributed by atoms with Gasteiger partial charge in [0.15, 0.2) is 0 Å². The molecule has 2 aromatic carbocycles. The van der Waals surface area contributed by atoms with E-state index in [1.807, 2.05) is 6.07 Å². The van der Waals surface area contributed by atoms with E-state index in [1.165, 1.54) is 23.1 Å². The zero-order valence-corrected chi connectivity index (χ0v) is 17.0. The summed E-state index contributed by atoms with van der Waals surface area (Å²) in [6.45, 7) is 5.66. The first kappa shape index (κ1) is 21.0. The van der Waals surface area contributed by atoms with E-state index in [9.17, 15) is 19.2 Å². The van der Waals surface area contributed by atoms with Crippen LogP contribution in [0.1, 0.15) is 51.8 Å². The minimum Gasteiger partial charge on any atom is -0.410 e. The van der Waals surface area contributed by atoms with Gasteiger partial charge in [-0.25, -0.2) is 4.79 Å². The predicted octanol–water partition coefficient (Wildman–Crippen LogP) is 2.60. The molecule has 0 saturated carbocycles. The third kappa shape index (κ3) is 4.48. The van der Waals surface area contributed by atoms with Crippen LogP contribution in [0.4, 0.5) is 4.79 Å². The van der Waals surface area contributed by atoms with Crippen molar-refractivity contribution in [2.45, 2.75) is 26.3 Å². The number of benzene rings is 2. The fourth-order valence-corrected chi connectivity index (χ4v) is 3.07. The van der Waals surface area contributed by atoms with Crippen LogP contribution >= 0.6 is 0 Å². The second-order valence-electron chi connectivity index (χ2n) is 7.76. The molecule has 0 spiro atoms. The lowest BCUT2D eigenvalue weighted by Crippen LogP contribution is -2.45. The lowest BCUT2D eigenvalue weighted by molar-refractivity contribution is 0.0507. The third-order valence-corrected chi connectivity index (χ3v) is 4.45. The highest BCUT2D eigenvalue weighted by Crippen LogP contribution is 2.29. The van der Waals surface area contributed by atoms with Crippen molar-refractivity contribution < 1.29 is 23.9 Å². The largest absolute Gasteiger partial charge is 0.412 e. The average molecular weight is 409 g/mol. The summed E-state index contributed by atoms with van der Waals surface area (Å²) in [4.78, 5) is 50.4. The molecule has 156 valence electrons. The average Bonchev–Trinajstić information content (AvgIpc) is 2.96. The van der Waals surface area contributed by atoms with Gasteiger partial charge in [0.25, 0.3) is 17.7 Å². The Hall–Kier alpha value is -3.68. The Labute approximate surface area is 174 Å². The second kappa shape index (κ2) is 8.36. The van der Waals surface area contributed by atoms with Crippen LogP contribution in [0, 0.1) is 0 Å². The van der Waals surface area contributed by atoms with Gasteiger partial charge < -0.3 is 15.4 Å². The first-order valence-corrected chi connectivity index (χ1v) is 9.50. The molecular weight excluding hydrogens is 386 g/mol. The van der Waals surface area contributed by atoms with Crippen molar-refractivity contribution in [3.05, 3.63) is 65.2 Å². The van der Waals surface area contributed by atoms with E-state index in [2.05, 4.69) is 10.6 Å². The van der Waals surface area contributed by atoms with Crippen LogP contribution in [0.15, 0.2) is 48.5 Å². The van der Waals surface area contributed by atoms with Gasteiger partial charge in [-0.05, 0) is 51.1 Å². The summed E-state index contributed by atoms with van der Waals surface area (Å²) in [5.74, 6) is -0.774. The van der Waals surface area contributed by atoms with Gasteiger partial charge in [0.2, 0.25) is 0 Å². The predicted molar refractivity (Wildman–Crippen MR) is 109 cm³/mol. The minimum atomic E-state index is -0.657. The van der Waals surface area contributed by atoms with Crippen molar-refractivity contribution in [3.8, 4) is 5.75 Å². The number of carbonyl (C=O) groups excluding carboxylic acids is 4. The van der Waals surface area contributed by atoms with Crippen LogP contribution in [-0.4, -0.2) is 47.3 Å². The summed E-state index contributed by atoms with van der Waals surface area (Å²) in [7, 11) is 0. The topological polar surface area (TPSA) is 105 Å². The lowest BCUT2D eigenvalue weighted by Gasteiger charge is -2.29. The molecule has 0 bridgehead atoms. The quantitative estimate of drug-likeness (QED) is 0.583. The summed E-state index contributed by atoms with van der Waals surface area (Å²) in [6.07, 6.45) is -0.626. The van der Waals surface area contributed by atoms with Gasteiger partial charge >= 0.3 is 6.09 Å². The van der Waals surface area contributed by atoms with E-state index in [-0.39, 0.29) is 35.7 Å². The van der Waals surface area contributed by atoms with E-state index in [1.54, 1.807) is 45.0 Å². The molecule has 0 unspecified atom stereocenters. The summed E-state index contributed by atoms with van der Waals surface area (Å²) >= 11 is 0. The van der Waals surface area contributed by atoms with Crippen LogP contribution in [0.3, 0.4) is 0 Å². The fourth-order valence-electron chi connectivity index (χ4n) is 3.07. The van der Waals surface area contributed by atoms with Gasteiger partial charge in [0.1, 0.15) is 5.75 Å². The molecule has 0 atom stereocenters. The Kier molecular flexibility index (Phi) is 5.86. The fraction of sp³-hybridized carbons (Fsp3) is 0.273. The third-order valence-electron chi connectivity index (χ3n) is 4.45. The Bertz CT molecular complexity index is 996. The van der Waals surface area contributed by atoms with Crippen molar-refractivity contribution in [2.75, 3.05) is 13.1 Å². The summed E-state index contributed by atoms with van der Waals surface area (Å²) in [5, 5.41) is 5.19. The SMILES string of the molecule is CC(C)(C)N1C(=O)c2ccc(C(=O)NCCNC(=O)Oc3ccccc3)cc2C1=O. The standard InChI is InChI=1S/C22H23N3O5/c1-22(2,3)25-19(27)16-10-9-14(13-17(16)20(25)28)18(26)23-11-12-24-21(29)30-15-7-5-4-6-8-15/h4-10,13H,11-12H2,1-3H3,(H,23,26)(H,24,29). The number of fused-ring (bicyclic) bond motifs is 1. The molecule has 30 heavy (non-hydrogen) atoms. The number of hydrogen-bond acceptors (Lipinski definition) is 5. The number of ether oxygens (including phenoxy) is 1. The van der Waals surface area contributed by atoms with E-state index in [0.717, 1.165) is 0 Å². The highest BCUT2D eigenvalue weighted by Gasteiger charge is 2.42. The molecule has 3 rings (SSSR count). The maximum absolute atomic E-state index is 12.6. The van der Waals surface area contributed by atoms with Gasteiger partial charge in [0, 0.05) is 24.2 Å². The van der Waals surface area contributed by atoms with Crippen LogP contribution in [0.25, 0.3) is 0 Å². The van der Waals surface area contributed by atoms with Gasteiger partial charge in [-0.15, -0.1) is 0 Å². The second-order valence-corrected chi connectivity index (χ2v) is 7.76. The van der Waals surface area contributed by atoms with Crippen LogP contribution in [0.2, 0.25) is 0 Å². The van der Waals surface area contributed by atoms with E-state index < -0.39 is 23.4 Å². The number of para-hydroxylation sites is 1. The first-order valence-electron chi connectivity index (χ1n) is 9.50. The van der Waals surface area contributed by atoms with Gasteiger partial charge in [-0.1, -0.05) is 18.2 Å². The van der Waals surface area contributed by atoms with Crippen LogP contribution in [0.5, 0.6) is 5.75 Å². The Morgan fingerprint density at radius 3 is 2.20 bits per heavy atom. The molecule has 1 aliphatic heterocycles. The number of amides is 4. The highest BCUT2D eigenvalue weighted by atomic mass is 16.6. The maximum Gasteiger partial charge on any atom is 0.412 e. The summed E-state index contributed by atoms with van der Waals surface area (Å²) < 4.78 is 5.08. The smallest absolute Gasteiger partial charge is 0.410 e. The molecule has 2 N–H and O–H groups in total. The van der Waals surface area contributed by atoms with Crippen molar-refractivity contribution in [1.29, 1.82) is 0 Å². The number of rotatable bonds is 5. The Morgan fingerprint density at radius 2 is 1.53 bits per heavy atom. The van der Waals surface area contributed by atoms with Crippen molar-refractivity contribution in [1.82, 2.24) is 15.5 Å². The van der Waals surface area contributed by atoms with Crippen molar-refractivity contribution in [2.24, 2.45) is 0 Å². The molecule has 0 aromatic heterocycles. The van der Waals surface area contributed by atoms with Crippen LogP contribution in [-0.2, 0) is 0 Å². The number of imide groups is 1. The molecule has 1 heterocycles.